The van der Waals surface area contributed by atoms with E-state index in [1.807, 2.05) is 0 Å². The quantitative estimate of drug-likeness (QED) is 0.320. The number of benzene rings is 2. The zero-order valence-electron chi connectivity index (χ0n) is 18.9. The van der Waals surface area contributed by atoms with Crippen molar-refractivity contribution in [2.24, 2.45) is 0 Å². The Morgan fingerprint density at radius 3 is 2.51 bits per heavy atom. The van der Waals surface area contributed by atoms with Crippen molar-refractivity contribution < 1.29 is 37.5 Å². The van der Waals surface area contributed by atoms with Gasteiger partial charge < -0.3 is 30.5 Å². The first-order valence-electron chi connectivity index (χ1n) is 10.6. The van der Waals surface area contributed by atoms with Crippen LogP contribution in [0.15, 0.2) is 36.4 Å². The van der Waals surface area contributed by atoms with E-state index < -0.39 is 34.6 Å². The van der Waals surface area contributed by atoms with Crippen molar-refractivity contribution in [1.82, 2.24) is 5.32 Å². The number of nitro benzene ring substituents is 1. The van der Waals surface area contributed by atoms with E-state index in [-0.39, 0.29) is 29.2 Å². The number of nitrogens with one attached hydrogen (secondary N) is 3. The van der Waals surface area contributed by atoms with Crippen LogP contribution in [0.1, 0.15) is 35.9 Å². The molecule has 1 fully saturated rings. The Bertz CT molecular complexity index is 1060. The average Bonchev–Trinajstić information content (AvgIpc) is 2.77. The zero-order chi connectivity index (χ0) is 25.8. The normalized spacial score (nSPS) is 16.5. The minimum Gasteiger partial charge on any atom is -0.406 e. The average molecular weight is 498 g/mol. The lowest BCUT2D eigenvalue weighted by atomic mass is 9.98. The molecule has 0 aliphatic carbocycles. The Kier molecular flexibility index (Phi) is 7.83. The minimum atomic E-state index is -4.85. The second-order valence-corrected chi connectivity index (χ2v) is 8.47. The van der Waals surface area contributed by atoms with Crippen LogP contribution in [0.25, 0.3) is 0 Å². The van der Waals surface area contributed by atoms with Crippen molar-refractivity contribution >= 4 is 23.0 Å². The smallest absolute Gasteiger partial charge is 0.406 e. The Labute approximate surface area is 198 Å². The van der Waals surface area contributed by atoms with Crippen molar-refractivity contribution in [2.45, 2.75) is 31.9 Å². The number of hydrogen-bond acceptors (Lipinski definition) is 8. The van der Waals surface area contributed by atoms with E-state index in [2.05, 4.69) is 20.7 Å². The number of nitro groups is 1. The molecule has 0 spiro atoms. The van der Waals surface area contributed by atoms with E-state index in [1.54, 1.807) is 0 Å². The van der Waals surface area contributed by atoms with E-state index in [0.29, 0.717) is 25.3 Å². The molecule has 1 amide bonds. The van der Waals surface area contributed by atoms with E-state index in [0.717, 1.165) is 18.2 Å². The summed E-state index contributed by atoms with van der Waals surface area (Å²) in [5.74, 6) is -1.17. The lowest BCUT2D eigenvalue weighted by Gasteiger charge is -2.26. The summed E-state index contributed by atoms with van der Waals surface area (Å²) >= 11 is 0. The predicted octanol–water partition coefficient (Wildman–Crippen LogP) is 3.59. The van der Waals surface area contributed by atoms with Gasteiger partial charge in [0, 0.05) is 31.4 Å². The van der Waals surface area contributed by atoms with Crippen LogP contribution in [0.3, 0.4) is 0 Å². The number of ether oxygens (including phenoxy) is 2. The summed E-state index contributed by atoms with van der Waals surface area (Å²) < 4.78 is 46.7. The maximum Gasteiger partial charge on any atom is 0.573 e. The van der Waals surface area contributed by atoms with Gasteiger partial charge in [0.05, 0.1) is 28.8 Å². The molecule has 10 nitrogen and oxygen atoms in total. The third-order valence-electron chi connectivity index (χ3n) is 4.94. The molecule has 2 aromatic rings. The van der Waals surface area contributed by atoms with Crippen molar-refractivity contribution in [1.29, 1.82) is 0 Å². The van der Waals surface area contributed by atoms with Gasteiger partial charge in [-0.05, 0) is 49.7 Å². The fourth-order valence-electron chi connectivity index (χ4n) is 3.38. The van der Waals surface area contributed by atoms with Gasteiger partial charge in [-0.3, -0.25) is 14.9 Å². The van der Waals surface area contributed by atoms with Gasteiger partial charge >= 0.3 is 6.36 Å². The molecule has 13 heteroatoms. The van der Waals surface area contributed by atoms with E-state index in [4.69, 9.17) is 4.74 Å². The number of hydrogen-bond donors (Lipinski definition) is 4. The number of anilines is 2. The summed E-state index contributed by atoms with van der Waals surface area (Å²) in [5, 5.41) is 30.3. The monoisotopic (exact) mass is 498 g/mol. The molecule has 1 aliphatic heterocycles. The molecule has 1 saturated heterocycles. The SMILES string of the molecule is CC(C)(O)CNc1cc(C2CNCCO2)c(C(=O)Nc2ccc(OC(F)(F)F)cc2)cc1[N+](=O)[O-]. The summed E-state index contributed by atoms with van der Waals surface area (Å²) in [6.07, 6.45) is -5.44. The lowest BCUT2D eigenvalue weighted by Crippen LogP contribution is -2.34. The van der Waals surface area contributed by atoms with Gasteiger partial charge in [-0.2, -0.15) is 0 Å². The molecule has 0 radical (unpaired) electrons. The Balaban J connectivity index is 1.94. The molecular weight excluding hydrogens is 473 g/mol. The van der Waals surface area contributed by atoms with Crippen LogP contribution in [0.4, 0.5) is 30.2 Å². The van der Waals surface area contributed by atoms with E-state index in [9.17, 15) is 33.2 Å². The molecule has 1 atom stereocenters. The molecule has 190 valence electrons. The molecular formula is C22H25F3N4O6. The van der Waals surface area contributed by atoms with Crippen LogP contribution in [0, 0.1) is 10.1 Å². The Morgan fingerprint density at radius 1 is 1.29 bits per heavy atom. The van der Waals surface area contributed by atoms with Crippen molar-refractivity contribution in [2.75, 3.05) is 36.9 Å². The second-order valence-electron chi connectivity index (χ2n) is 8.47. The molecule has 0 bridgehead atoms. The van der Waals surface area contributed by atoms with Crippen molar-refractivity contribution in [3.05, 3.63) is 57.6 Å². The highest BCUT2D eigenvalue weighted by Gasteiger charge is 2.31. The van der Waals surface area contributed by atoms with Gasteiger partial charge in [0.2, 0.25) is 0 Å². The highest BCUT2D eigenvalue weighted by molar-refractivity contribution is 6.06. The molecule has 0 saturated carbocycles. The third kappa shape index (κ3) is 7.53. The van der Waals surface area contributed by atoms with Crippen LogP contribution < -0.4 is 20.7 Å². The molecule has 1 aliphatic rings. The molecule has 35 heavy (non-hydrogen) atoms. The first-order chi connectivity index (χ1) is 16.3. The Morgan fingerprint density at radius 2 is 1.97 bits per heavy atom. The molecule has 1 heterocycles. The van der Waals surface area contributed by atoms with E-state index >= 15 is 0 Å². The van der Waals surface area contributed by atoms with Gasteiger partial charge in [0.25, 0.3) is 11.6 Å². The molecule has 4 N–H and O–H groups in total. The summed E-state index contributed by atoms with van der Waals surface area (Å²) in [5.41, 5.74) is -0.947. The standard InChI is InChI=1S/C22H25F3N4O6/c1-21(2,31)12-27-17-9-15(19-11-26-7-8-34-19)16(10-18(17)29(32)33)20(30)28-13-3-5-14(6-4-13)35-22(23,24)25/h3-6,9-10,19,26-27,31H,7-8,11-12H2,1-2H3,(H,28,30). The second kappa shape index (κ2) is 10.5. The van der Waals surface area contributed by atoms with Crippen LogP contribution in [0.2, 0.25) is 0 Å². The van der Waals surface area contributed by atoms with Crippen molar-refractivity contribution in [3.8, 4) is 5.75 Å². The fraction of sp³-hybridized carbons (Fsp3) is 0.409. The highest BCUT2D eigenvalue weighted by Crippen LogP contribution is 2.34. The van der Waals surface area contributed by atoms with Gasteiger partial charge in [0.1, 0.15) is 11.4 Å². The first-order valence-corrected chi connectivity index (χ1v) is 10.6. The van der Waals surface area contributed by atoms with Crippen LogP contribution in [-0.2, 0) is 4.74 Å². The number of rotatable bonds is 8. The fourth-order valence-corrected chi connectivity index (χ4v) is 3.38. The topological polar surface area (TPSA) is 135 Å². The molecule has 2 aromatic carbocycles. The molecule has 0 aromatic heterocycles. The van der Waals surface area contributed by atoms with Crippen LogP contribution >= 0.6 is 0 Å². The number of morpholine rings is 1. The number of carbonyl (C=O) groups excluding carboxylic acids is 1. The lowest BCUT2D eigenvalue weighted by molar-refractivity contribution is -0.384. The third-order valence-corrected chi connectivity index (χ3v) is 4.94. The maximum atomic E-state index is 13.1. The summed E-state index contributed by atoms with van der Waals surface area (Å²) in [6, 6.07) is 7.04. The Hall–Kier alpha value is -3.42. The maximum absolute atomic E-state index is 13.1. The number of halogens is 3. The van der Waals surface area contributed by atoms with Gasteiger partial charge in [-0.1, -0.05) is 0 Å². The minimum absolute atomic E-state index is 0.00887. The highest BCUT2D eigenvalue weighted by atomic mass is 19.4. The summed E-state index contributed by atoms with van der Waals surface area (Å²) in [6.45, 7) is 4.39. The first kappa shape index (κ1) is 26.2. The molecule has 3 rings (SSSR count). The van der Waals surface area contributed by atoms with Crippen molar-refractivity contribution in [3.63, 3.8) is 0 Å². The summed E-state index contributed by atoms with van der Waals surface area (Å²) in [4.78, 5) is 24.2. The van der Waals surface area contributed by atoms with Gasteiger partial charge in [-0.25, -0.2) is 0 Å². The largest absolute Gasteiger partial charge is 0.573 e. The van der Waals surface area contributed by atoms with Crippen LogP contribution in [-0.4, -0.2) is 54.1 Å². The predicted molar refractivity (Wildman–Crippen MR) is 121 cm³/mol. The molecule has 1 unspecified atom stereocenters. The number of carbonyl (C=O) groups is 1. The summed E-state index contributed by atoms with van der Waals surface area (Å²) in [7, 11) is 0. The van der Waals surface area contributed by atoms with Crippen LogP contribution in [0.5, 0.6) is 5.75 Å². The zero-order valence-corrected chi connectivity index (χ0v) is 18.9. The number of aliphatic hydroxyl groups is 1. The number of nitrogens with zero attached hydrogens (tertiary/aromatic N) is 1. The number of alkyl halides is 3. The number of amides is 1. The van der Waals surface area contributed by atoms with Gasteiger partial charge in [-0.15, -0.1) is 13.2 Å². The van der Waals surface area contributed by atoms with Gasteiger partial charge in [0.15, 0.2) is 0 Å². The van der Waals surface area contributed by atoms with E-state index in [1.165, 1.54) is 32.0 Å².